The SMILES string of the molecule is CCn1c(SCC(=O)N(C)CC(=O)NC(C)(C)C)nnc1N1CCOCC1. The van der Waals surface area contributed by atoms with E-state index < -0.39 is 0 Å². The van der Waals surface area contributed by atoms with Crippen molar-refractivity contribution in [3.63, 3.8) is 0 Å². The molecule has 2 rings (SSSR count). The number of hydrogen-bond donors (Lipinski definition) is 1. The van der Waals surface area contributed by atoms with Crippen LogP contribution in [0.3, 0.4) is 0 Å². The van der Waals surface area contributed by atoms with Crippen LogP contribution in [0.15, 0.2) is 5.16 Å². The average Bonchev–Trinajstić information content (AvgIpc) is 3.01. The minimum atomic E-state index is -0.316. The van der Waals surface area contributed by atoms with E-state index in [1.165, 1.54) is 16.7 Å². The van der Waals surface area contributed by atoms with Crippen molar-refractivity contribution in [2.45, 2.75) is 44.9 Å². The van der Waals surface area contributed by atoms with Crippen LogP contribution in [0, 0.1) is 0 Å². The van der Waals surface area contributed by atoms with Crippen molar-refractivity contribution in [1.29, 1.82) is 0 Å². The molecule has 1 N–H and O–H groups in total. The molecular weight excluding hydrogens is 368 g/mol. The van der Waals surface area contributed by atoms with Gasteiger partial charge in [0.25, 0.3) is 0 Å². The molecule has 27 heavy (non-hydrogen) atoms. The van der Waals surface area contributed by atoms with Crippen LogP contribution in [0.4, 0.5) is 5.95 Å². The summed E-state index contributed by atoms with van der Waals surface area (Å²) in [5.74, 6) is 0.728. The first-order valence-corrected chi connectivity index (χ1v) is 10.1. The van der Waals surface area contributed by atoms with Crippen LogP contribution >= 0.6 is 11.8 Å². The minimum absolute atomic E-state index is 0.0379. The molecule has 1 fully saturated rings. The zero-order chi connectivity index (χ0) is 20.0. The van der Waals surface area contributed by atoms with Gasteiger partial charge in [-0.3, -0.25) is 14.2 Å². The number of hydrogen-bond acceptors (Lipinski definition) is 7. The summed E-state index contributed by atoms with van der Waals surface area (Å²) < 4.78 is 7.39. The third-order valence-corrected chi connectivity index (χ3v) is 4.90. The zero-order valence-electron chi connectivity index (χ0n) is 16.8. The highest BCUT2D eigenvalue weighted by molar-refractivity contribution is 7.99. The van der Waals surface area contributed by atoms with Crippen LogP contribution < -0.4 is 10.2 Å². The number of carbonyl (C=O) groups is 2. The van der Waals surface area contributed by atoms with E-state index in [1.807, 2.05) is 32.3 Å². The molecule has 0 bridgehead atoms. The molecule has 0 radical (unpaired) electrons. The molecule has 1 saturated heterocycles. The molecule has 2 amide bonds. The van der Waals surface area contributed by atoms with Gasteiger partial charge >= 0.3 is 0 Å². The van der Waals surface area contributed by atoms with E-state index in [0.29, 0.717) is 18.4 Å². The Balaban J connectivity index is 1.90. The van der Waals surface area contributed by atoms with Crippen molar-refractivity contribution in [2.24, 2.45) is 0 Å². The molecule has 1 aromatic heterocycles. The Morgan fingerprint density at radius 3 is 2.52 bits per heavy atom. The molecule has 0 spiro atoms. The van der Waals surface area contributed by atoms with Gasteiger partial charge in [0.2, 0.25) is 17.8 Å². The summed E-state index contributed by atoms with van der Waals surface area (Å²) in [5.41, 5.74) is -0.316. The maximum Gasteiger partial charge on any atom is 0.240 e. The Bertz CT molecular complexity index is 652. The zero-order valence-corrected chi connectivity index (χ0v) is 17.6. The van der Waals surface area contributed by atoms with Gasteiger partial charge in [-0.15, -0.1) is 10.2 Å². The number of likely N-dealkylation sites (N-methyl/N-ethyl adjacent to an activating group) is 1. The first-order valence-electron chi connectivity index (χ1n) is 9.15. The van der Waals surface area contributed by atoms with Crippen LogP contribution in [0.5, 0.6) is 0 Å². The van der Waals surface area contributed by atoms with Crippen molar-refractivity contribution < 1.29 is 14.3 Å². The summed E-state index contributed by atoms with van der Waals surface area (Å²) in [6.07, 6.45) is 0. The highest BCUT2D eigenvalue weighted by Gasteiger charge is 2.22. The smallest absolute Gasteiger partial charge is 0.240 e. The Labute approximate surface area is 164 Å². The van der Waals surface area contributed by atoms with Gasteiger partial charge in [0.05, 0.1) is 25.5 Å². The van der Waals surface area contributed by atoms with Gasteiger partial charge in [-0.25, -0.2) is 0 Å². The van der Waals surface area contributed by atoms with E-state index in [2.05, 4.69) is 20.4 Å². The summed E-state index contributed by atoms with van der Waals surface area (Å²) in [6.45, 7) is 11.4. The van der Waals surface area contributed by atoms with Gasteiger partial charge < -0.3 is 19.9 Å². The first-order chi connectivity index (χ1) is 12.7. The van der Waals surface area contributed by atoms with Crippen molar-refractivity contribution >= 4 is 29.5 Å². The highest BCUT2D eigenvalue weighted by atomic mass is 32.2. The molecule has 0 aromatic carbocycles. The summed E-state index contributed by atoms with van der Waals surface area (Å²) >= 11 is 1.34. The normalized spacial score (nSPS) is 14.9. The number of nitrogens with zero attached hydrogens (tertiary/aromatic N) is 5. The molecule has 9 nitrogen and oxygen atoms in total. The predicted octanol–water partition coefficient (Wildman–Crippen LogP) is 0.600. The largest absolute Gasteiger partial charge is 0.378 e. The minimum Gasteiger partial charge on any atom is -0.378 e. The van der Waals surface area contributed by atoms with Crippen LogP contribution in [0.1, 0.15) is 27.7 Å². The summed E-state index contributed by atoms with van der Waals surface area (Å²) in [4.78, 5) is 27.9. The van der Waals surface area contributed by atoms with Crippen LogP contribution in [-0.2, 0) is 20.9 Å². The van der Waals surface area contributed by atoms with E-state index >= 15 is 0 Å². The molecule has 1 aliphatic rings. The Hall–Kier alpha value is -1.81. The lowest BCUT2D eigenvalue weighted by Gasteiger charge is -2.27. The van der Waals surface area contributed by atoms with Gasteiger partial charge in [-0.2, -0.15) is 0 Å². The number of rotatable bonds is 7. The quantitative estimate of drug-likeness (QED) is 0.672. The molecule has 1 aromatic rings. The van der Waals surface area contributed by atoms with Crippen molar-refractivity contribution in [3.8, 4) is 0 Å². The van der Waals surface area contributed by atoms with Gasteiger partial charge in [0.1, 0.15) is 0 Å². The monoisotopic (exact) mass is 398 g/mol. The molecule has 0 saturated carbocycles. The Kier molecular flexibility index (Phi) is 7.49. The third-order valence-electron chi connectivity index (χ3n) is 3.95. The van der Waals surface area contributed by atoms with Crippen molar-refractivity contribution in [2.75, 3.05) is 50.5 Å². The summed E-state index contributed by atoms with van der Waals surface area (Å²) in [7, 11) is 1.63. The number of thioether (sulfide) groups is 1. The van der Waals surface area contributed by atoms with Gasteiger partial charge in [-0.1, -0.05) is 11.8 Å². The molecule has 10 heteroatoms. The fourth-order valence-corrected chi connectivity index (χ4v) is 3.60. The number of carbonyl (C=O) groups excluding carboxylic acids is 2. The van der Waals surface area contributed by atoms with Crippen LogP contribution in [0.2, 0.25) is 0 Å². The molecule has 0 unspecified atom stereocenters. The molecule has 152 valence electrons. The van der Waals surface area contributed by atoms with Crippen LogP contribution in [0.25, 0.3) is 0 Å². The Morgan fingerprint density at radius 2 is 1.93 bits per heavy atom. The molecule has 0 aliphatic carbocycles. The second-order valence-corrected chi connectivity index (χ2v) is 8.41. The van der Waals surface area contributed by atoms with E-state index in [0.717, 1.165) is 25.6 Å². The topological polar surface area (TPSA) is 92.6 Å². The number of anilines is 1. The number of morpholine rings is 1. The molecule has 1 aliphatic heterocycles. The lowest BCUT2D eigenvalue weighted by molar-refractivity contribution is -0.133. The number of nitrogens with one attached hydrogen (secondary N) is 1. The third kappa shape index (κ3) is 6.39. The molecule has 2 heterocycles. The second kappa shape index (κ2) is 9.41. The maximum absolute atomic E-state index is 12.4. The van der Waals surface area contributed by atoms with Crippen molar-refractivity contribution in [3.05, 3.63) is 0 Å². The lowest BCUT2D eigenvalue weighted by Crippen LogP contribution is -2.46. The number of aromatic nitrogens is 3. The van der Waals surface area contributed by atoms with E-state index in [1.54, 1.807) is 7.05 Å². The van der Waals surface area contributed by atoms with Crippen LogP contribution in [-0.4, -0.2) is 82.7 Å². The number of amides is 2. The van der Waals surface area contributed by atoms with E-state index in [4.69, 9.17) is 4.74 Å². The molecule has 0 atom stereocenters. The average molecular weight is 399 g/mol. The van der Waals surface area contributed by atoms with Crippen molar-refractivity contribution in [1.82, 2.24) is 25.0 Å². The summed E-state index contributed by atoms with van der Waals surface area (Å²) in [5, 5.41) is 12.1. The fourth-order valence-electron chi connectivity index (χ4n) is 2.66. The summed E-state index contributed by atoms with van der Waals surface area (Å²) in [6, 6.07) is 0. The lowest BCUT2D eigenvalue weighted by atomic mass is 10.1. The number of ether oxygens (including phenoxy) is 1. The maximum atomic E-state index is 12.4. The predicted molar refractivity (Wildman–Crippen MR) is 105 cm³/mol. The first kappa shape index (κ1) is 21.5. The standard InChI is InChI=1S/C17H30N6O3S/c1-6-23-15(22-7-9-26-10-8-22)19-20-16(23)27-12-14(25)21(5)11-13(24)18-17(2,3)4/h6-12H2,1-5H3,(H,18,24). The van der Waals surface area contributed by atoms with E-state index in [-0.39, 0.29) is 29.7 Å². The van der Waals surface area contributed by atoms with E-state index in [9.17, 15) is 9.59 Å². The molecular formula is C17H30N6O3S. The Morgan fingerprint density at radius 1 is 1.26 bits per heavy atom. The van der Waals surface area contributed by atoms with Gasteiger partial charge in [0.15, 0.2) is 5.16 Å². The second-order valence-electron chi connectivity index (χ2n) is 7.46. The fraction of sp³-hybridized carbons (Fsp3) is 0.765. The van der Waals surface area contributed by atoms with Gasteiger partial charge in [-0.05, 0) is 27.7 Å². The highest BCUT2D eigenvalue weighted by Crippen LogP contribution is 2.22. The van der Waals surface area contributed by atoms with Gasteiger partial charge in [0, 0.05) is 32.2 Å².